The highest BCUT2D eigenvalue weighted by Crippen LogP contribution is 2.31. The molecule has 1 atom stereocenters. The predicted octanol–water partition coefficient (Wildman–Crippen LogP) is 2.47. The quantitative estimate of drug-likeness (QED) is 0.488. The monoisotopic (exact) mass is 491 g/mol. The van der Waals surface area contributed by atoms with Crippen molar-refractivity contribution in [2.24, 2.45) is 5.92 Å². The molecule has 0 radical (unpaired) electrons. The Morgan fingerprint density at radius 1 is 1.00 bits per heavy atom. The van der Waals surface area contributed by atoms with Crippen molar-refractivity contribution >= 4 is 17.5 Å². The number of methoxy groups -OCH3 is 1. The highest BCUT2D eigenvalue weighted by molar-refractivity contribution is 5.89. The fourth-order valence-corrected chi connectivity index (χ4v) is 4.77. The third kappa shape index (κ3) is 5.21. The van der Waals surface area contributed by atoms with E-state index in [0.717, 1.165) is 24.3 Å². The van der Waals surface area contributed by atoms with Gasteiger partial charge in [0.05, 0.1) is 24.3 Å². The minimum atomic E-state index is -0.511. The summed E-state index contributed by atoms with van der Waals surface area (Å²) in [6.07, 6.45) is 0. The minimum Gasteiger partial charge on any atom is -0.465 e. The van der Waals surface area contributed by atoms with Gasteiger partial charge in [0.2, 0.25) is 0 Å². The zero-order chi connectivity index (χ0) is 25.8. The molecule has 2 aromatic carbocycles. The number of hydrogen-bond acceptors (Lipinski definition) is 7. The van der Waals surface area contributed by atoms with Crippen molar-refractivity contribution in [1.29, 1.82) is 0 Å². The summed E-state index contributed by atoms with van der Waals surface area (Å²) in [5.41, 5.74) is 8.24. The molecule has 9 heteroatoms. The van der Waals surface area contributed by atoms with E-state index in [2.05, 4.69) is 26.9 Å². The van der Waals surface area contributed by atoms with Gasteiger partial charge in [-0.3, -0.25) is 19.2 Å². The molecule has 36 heavy (non-hydrogen) atoms. The largest absolute Gasteiger partial charge is 0.465 e. The Morgan fingerprint density at radius 2 is 1.64 bits per heavy atom. The number of carbonyl (C=O) groups excluding carboxylic acids is 1. The Balaban J connectivity index is 1.75. The van der Waals surface area contributed by atoms with E-state index in [1.54, 1.807) is 12.1 Å². The SMILES string of the molecule is COC(=O)c1ccc([C@H](c2c(N)n(CC(C)C)c(=O)[nH]c2=O)N2CCN(c3ccccc3)CC2)cc1. The number of anilines is 2. The van der Waals surface area contributed by atoms with Gasteiger partial charge < -0.3 is 15.4 Å². The standard InChI is InChI=1S/C27H33N5O4/c1-18(2)17-32-24(28)22(25(33)29-27(32)35)23(19-9-11-20(12-10-19)26(34)36-3)31-15-13-30(14-16-31)21-7-5-4-6-8-21/h4-12,18,23H,13-17,28H2,1-3H3,(H,29,33,35)/t23-/m1/s1. The number of H-pyrrole nitrogens is 1. The van der Waals surface area contributed by atoms with E-state index in [-0.39, 0.29) is 11.7 Å². The second-order valence-corrected chi connectivity index (χ2v) is 9.44. The third-order valence-electron chi connectivity index (χ3n) is 6.55. The van der Waals surface area contributed by atoms with Crippen molar-refractivity contribution in [2.45, 2.75) is 26.4 Å². The van der Waals surface area contributed by atoms with Gasteiger partial charge in [0.25, 0.3) is 5.56 Å². The number of esters is 1. The number of rotatable bonds is 7. The van der Waals surface area contributed by atoms with Gasteiger partial charge in [0, 0.05) is 38.4 Å². The molecule has 1 aliphatic rings. The first-order valence-electron chi connectivity index (χ1n) is 12.1. The fraction of sp³-hybridized carbons (Fsp3) is 0.370. The number of hydrogen-bond donors (Lipinski definition) is 2. The normalized spacial score (nSPS) is 15.2. The fourth-order valence-electron chi connectivity index (χ4n) is 4.77. The lowest BCUT2D eigenvalue weighted by atomic mass is 9.96. The molecular formula is C27H33N5O4. The summed E-state index contributed by atoms with van der Waals surface area (Å²) >= 11 is 0. The molecule has 190 valence electrons. The Hall–Kier alpha value is -3.85. The lowest BCUT2D eigenvalue weighted by Crippen LogP contribution is -2.49. The van der Waals surface area contributed by atoms with Gasteiger partial charge in [0.15, 0.2) is 0 Å². The number of nitrogens with one attached hydrogen (secondary N) is 1. The molecule has 4 rings (SSSR count). The highest BCUT2D eigenvalue weighted by Gasteiger charge is 2.31. The van der Waals surface area contributed by atoms with Gasteiger partial charge in [-0.2, -0.15) is 0 Å². The van der Waals surface area contributed by atoms with Crippen molar-refractivity contribution in [3.63, 3.8) is 0 Å². The number of aromatic amines is 1. The molecule has 1 aromatic heterocycles. The van der Waals surface area contributed by atoms with E-state index < -0.39 is 23.3 Å². The number of benzene rings is 2. The van der Waals surface area contributed by atoms with Gasteiger partial charge in [0.1, 0.15) is 5.82 Å². The van der Waals surface area contributed by atoms with Crippen LogP contribution in [0.5, 0.6) is 0 Å². The second-order valence-electron chi connectivity index (χ2n) is 9.44. The maximum atomic E-state index is 13.2. The van der Waals surface area contributed by atoms with E-state index in [1.165, 1.54) is 11.7 Å². The summed E-state index contributed by atoms with van der Waals surface area (Å²) in [6.45, 7) is 7.27. The maximum Gasteiger partial charge on any atom is 0.337 e. The van der Waals surface area contributed by atoms with Crippen LogP contribution in [0.3, 0.4) is 0 Å². The molecule has 0 amide bonds. The molecule has 3 aromatic rings. The molecule has 0 unspecified atom stereocenters. The molecule has 1 saturated heterocycles. The van der Waals surface area contributed by atoms with Gasteiger partial charge in [-0.15, -0.1) is 0 Å². The number of ether oxygens (including phenoxy) is 1. The summed E-state index contributed by atoms with van der Waals surface area (Å²) in [6, 6.07) is 16.7. The molecule has 2 heterocycles. The summed E-state index contributed by atoms with van der Waals surface area (Å²) in [4.78, 5) is 44.8. The molecule has 0 aliphatic carbocycles. The number of para-hydroxylation sites is 1. The number of nitrogen functional groups attached to an aromatic ring is 1. The van der Waals surface area contributed by atoms with Gasteiger partial charge in [-0.05, 0) is 35.7 Å². The van der Waals surface area contributed by atoms with Crippen LogP contribution in [-0.4, -0.2) is 53.7 Å². The van der Waals surface area contributed by atoms with E-state index >= 15 is 0 Å². The Bertz CT molecular complexity index is 1310. The molecule has 0 bridgehead atoms. The topological polar surface area (TPSA) is 114 Å². The maximum absolute atomic E-state index is 13.2. The average Bonchev–Trinajstić information content (AvgIpc) is 2.89. The van der Waals surface area contributed by atoms with E-state index in [0.29, 0.717) is 30.8 Å². The van der Waals surface area contributed by atoms with Crippen LogP contribution in [0.1, 0.15) is 41.4 Å². The first kappa shape index (κ1) is 25.2. The zero-order valence-corrected chi connectivity index (χ0v) is 20.9. The summed E-state index contributed by atoms with van der Waals surface area (Å²) in [5.74, 6) is -0.0987. The van der Waals surface area contributed by atoms with Crippen molar-refractivity contribution < 1.29 is 9.53 Å². The zero-order valence-electron chi connectivity index (χ0n) is 20.9. The first-order valence-corrected chi connectivity index (χ1v) is 12.1. The number of piperazine rings is 1. The van der Waals surface area contributed by atoms with Crippen molar-refractivity contribution in [1.82, 2.24) is 14.5 Å². The smallest absolute Gasteiger partial charge is 0.337 e. The lowest BCUT2D eigenvalue weighted by Gasteiger charge is -2.40. The molecule has 0 saturated carbocycles. The van der Waals surface area contributed by atoms with Crippen LogP contribution >= 0.6 is 0 Å². The summed E-state index contributed by atoms with van der Waals surface area (Å²) in [7, 11) is 1.34. The molecule has 3 N–H and O–H groups in total. The van der Waals surface area contributed by atoms with Gasteiger partial charge in [-0.1, -0.05) is 44.2 Å². The molecule has 1 aliphatic heterocycles. The third-order valence-corrected chi connectivity index (χ3v) is 6.55. The Morgan fingerprint density at radius 3 is 2.22 bits per heavy atom. The minimum absolute atomic E-state index is 0.163. The summed E-state index contributed by atoms with van der Waals surface area (Å²) < 4.78 is 6.27. The van der Waals surface area contributed by atoms with E-state index in [1.807, 2.05) is 44.2 Å². The van der Waals surface area contributed by atoms with Crippen LogP contribution in [0, 0.1) is 5.92 Å². The van der Waals surface area contributed by atoms with Crippen LogP contribution in [0.4, 0.5) is 11.5 Å². The van der Waals surface area contributed by atoms with Crippen molar-refractivity contribution in [2.75, 3.05) is 43.9 Å². The van der Waals surface area contributed by atoms with Crippen LogP contribution in [0.15, 0.2) is 64.2 Å². The number of carbonyl (C=O) groups is 1. The number of nitrogens with two attached hydrogens (primary N) is 1. The highest BCUT2D eigenvalue weighted by atomic mass is 16.5. The lowest BCUT2D eigenvalue weighted by molar-refractivity contribution is 0.0600. The van der Waals surface area contributed by atoms with Gasteiger partial charge in [-0.25, -0.2) is 9.59 Å². The Kier molecular flexibility index (Phi) is 7.59. The molecule has 1 fully saturated rings. The summed E-state index contributed by atoms with van der Waals surface area (Å²) in [5, 5.41) is 0. The van der Waals surface area contributed by atoms with E-state index in [4.69, 9.17) is 10.5 Å². The number of aromatic nitrogens is 2. The number of nitrogens with zero attached hydrogens (tertiary/aromatic N) is 3. The van der Waals surface area contributed by atoms with Crippen LogP contribution in [0.25, 0.3) is 0 Å². The van der Waals surface area contributed by atoms with Crippen LogP contribution < -0.4 is 21.9 Å². The van der Waals surface area contributed by atoms with Gasteiger partial charge >= 0.3 is 11.7 Å². The van der Waals surface area contributed by atoms with Crippen LogP contribution in [0.2, 0.25) is 0 Å². The molecule has 0 spiro atoms. The van der Waals surface area contributed by atoms with Crippen LogP contribution in [-0.2, 0) is 11.3 Å². The van der Waals surface area contributed by atoms with Crippen molar-refractivity contribution in [3.8, 4) is 0 Å². The molecular weight excluding hydrogens is 458 g/mol. The first-order chi connectivity index (χ1) is 17.3. The Labute approximate surface area is 210 Å². The van der Waals surface area contributed by atoms with Crippen molar-refractivity contribution in [3.05, 3.63) is 92.1 Å². The van der Waals surface area contributed by atoms with E-state index in [9.17, 15) is 14.4 Å². The predicted molar refractivity (Wildman–Crippen MR) is 140 cm³/mol. The second kappa shape index (κ2) is 10.8. The molecule has 9 nitrogen and oxygen atoms in total. The average molecular weight is 492 g/mol.